The molecule has 0 saturated carbocycles. The van der Waals surface area contributed by atoms with Crippen molar-refractivity contribution >= 4 is 45.8 Å². The van der Waals surface area contributed by atoms with Gasteiger partial charge in [0, 0.05) is 6.07 Å². The quantitative estimate of drug-likeness (QED) is 0.393. The molecule has 0 amide bonds. The minimum atomic E-state index is -0.00670. The Morgan fingerprint density at radius 2 is 2.11 bits per heavy atom. The third kappa shape index (κ3) is 4.83. The molecular formula is C12H13Cl2N3OS. The Balaban J connectivity index is 3.17. The maximum atomic E-state index is 8.60. The fourth-order valence-electron chi connectivity index (χ4n) is 1.23. The summed E-state index contributed by atoms with van der Waals surface area (Å²) in [5.74, 6) is 0.511. The standard InChI is InChI=1S/C12H13Cl2N3OS/c1-7(2)18-11-5-10(8(13)4-9(11)14)17-12(19-3)16-6-15/h4-5,7H,1-3H3,(H,16,17). The molecule has 102 valence electrons. The van der Waals surface area contributed by atoms with E-state index in [1.54, 1.807) is 18.4 Å². The second-order valence-corrected chi connectivity index (χ2v) is 5.37. The van der Waals surface area contributed by atoms with Crippen LogP contribution in [0.1, 0.15) is 13.8 Å². The van der Waals surface area contributed by atoms with Gasteiger partial charge >= 0.3 is 0 Å². The van der Waals surface area contributed by atoms with Crippen LogP contribution in [0.4, 0.5) is 5.69 Å². The highest BCUT2D eigenvalue weighted by atomic mass is 35.5. The fraction of sp³-hybridized carbons (Fsp3) is 0.333. The van der Waals surface area contributed by atoms with Crippen molar-refractivity contribution < 1.29 is 4.74 Å². The molecule has 1 aromatic rings. The molecule has 1 rings (SSSR count). The number of aliphatic imine (C=N–C) groups is 1. The lowest BCUT2D eigenvalue weighted by molar-refractivity contribution is 0.242. The maximum absolute atomic E-state index is 8.60. The molecule has 7 heteroatoms. The first-order valence-corrected chi connectivity index (χ1v) is 7.39. The molecule has 0 saturated heterocycles. The molecule has 0 aliphatic carbocycles. The smallest absolute Gasteiger partial charge is 0.183 e. The maximum Gasteiger partial charge on any atom is 0.183 e. The first kappa shape index (κ1) is 16.0. The summed E-state index contributed by atoms with van der Waals surface area (Å²) in [5, 5.41) is 12.3. The van der Waals surface area contributed by atoms with Crippen LogP contribution in [0.25, 0.3) is 0 Å². The molecule has 1 aromatic carbocycles. The number of nitrogens with zero attached hydrogens (tertiary/aromatic N) is 2. The number of halogens is 2. The number of hydrogen-bond acceptors (Lipinski definition) is 4. The van der Waals surface area contributed by atoms with Gasteiger partial charge in [-0.2, -0.15) is 5.26 Å². The van der Waals surface area contributed by atoms with Crippen LogP contribution >= 0.6 is 35.0 Å². The number of benzene rings is 1. The van der Waals surface area contributed by atoms with E-state index in [2.05, 4.69) is 10.3 Å². The van der Waals surface area contributed by atoms with Crippen LogP contribution in [-0.4, -0.2) is 17.5 Å². The van der Waals surface area contributed by atoms with Gasteiger partial charge in [-0.3, -0.25) is 5.32 Å². The molecule has 19 heavy (non-hydrogen) atoms. The largest absolute Gasteiger partial charge is 0.489 e. The molecule has 0 bridgehead atoms. The Morgan fingerprint density at radius 3 is 2.63 bits per heavy atom. The second-order valence-electron chi connectivity index (χ2n) is 3.76. The van der Waals surface area contributed by atoms with Gasteiger partial charge in [0.1, 0.15) is 5.75 Å². The van der Waals surface area contributed by atoms with Crippen molar-refractivity contribution in [1.29, 1.82) is 5.26 Å². The molecular weight excluding hydrogens is 305 g/mol. The summed E-state index contributed by atoms with van der Waals surface area (Å²) in [6.45, 7) is 3.80. The van der Waals surface area contributed by atoms with Crippen molar-refractivity contribution in [2.75, 3.05) is 6.26 Å². The van der Waals surface area contributed by atoms with Gasteiger partial charge in [-0.15, -0.1) is 0 Å². The molecule has 4 nitrogen and oxygen atoms in total. The van der Waals surface area contributed by atoms with Crippen molar-refractivity contribution in [1.82, 2.24) is 5.32 Å². The van der Waals surface area contributed by atoms with Crippen LogP contribution in [0.3, 0.4) is 0 Å². The number of nitriles is 1. The summed E-state index contributed by atoms with van der Waals surface area (Å²) >= 11 is 13.4. The molecule has 0 radical (unpaired) electrons. The van der Waals surface area contributed by atoms with Crippen molar-refractivity contribution in [2.45, 2.75) is 20.0 Å². The third-order valence-corrected chi connectivity index (χ3v) is 3.12. The first-order chi connectivity index (χ1) is 8.97. The second kappa shape index (κ2) is 7.49. The zero-order valence-electron chi connectivity index (χ0n) is 10.7. The van der Waals surface area contributed by atoms with E-state index in [4.69, 9.17) is 33.2 Å². The molecule has 0 aliphatic heterocycles. The summed E-state index contributed by atoms with van der Waals surface area (Å²) in [4.78, 5) is 4.25. The Bertz CT molecular complexity index is 526. The van der Waals surface area contributed by atoms with Crippen molar-refractivity contribution in [3.8, 4) is 11.9 Å². The van der Waals surface area contributed by atoms with E-state index < -0.39 is 0 Å². The first-order valence-electron chi connectivity index (χ1n) is 5.41. The highest BCUT2D eigenvalue weighted by Gasteiger charge is 2.10. The highest BCUT2D eigenvalue weighted by molar-refractivity contribution is 8.13. The Labute approximate surface area is 126 Å². The number of thioether (sulfide) groups is 1. The minimum Gasteiger partial charge on any atom is -0.489 e. The van der Waals surface area contributed by atoms with Crippen molar-refractivity contribution in [2.24, 2.45) is 4.99 Å². The monoisotopic (exact) mass is 317 g/mol. The number of nitrogens with one attached hydrogen (secondary N) is 1. The van der Waals surface area contributed by atoms with E-state index in [9.17, 15) is 0 Å². The number of amidine groups is 1. The van der Waals surface area contributed by atoms with Gasteiger partial charge in [-0.25, -0.2) is 4.99 Å². The molecule has 1 N–H and O–H groups in total. The fourth-order valence-corrected chi connectivity index (χ4v) is 2.04. The van der Waals surface area contributed by atoms with Crippen molar-refractivity contribution in [3.05, 3.63) is 22.2 Å². The van der Waals surface area contributed by atoms with Crippen LogP contribution in [0.5, 0.6) is 5.75 Å². The average molecular weight is 318 g/mol. The number of ether oxygens (including phenoxy) is 1. The molecule has 0 aromatic heterocycles. The zero-order chi connectivity index (χ0) is 14.4. The Kier molecular flexibility index (Phi) is 6.29. The lowest BCUT2D eigenvalue weighted by Crippen LogP contribution is -2.12. The van der Waals surface area contributed by atoms with Gasteiger partial charge < -0.3 is 4.74 Å². The van der Waals surface area contributed by atoms with Crippen LogP contribution < -0.4 is 10.1 Å². The summed E-state index contributed by atoms with van der Waals surface area (Å²) in [6, 6.07) is 3.23. The predicted octanol–water partition coefficient (Wildman–Crippen LogP) is 4.20. The van der Waals surface area contributed by atoms with Gasteiger partial charge in [0.05, 0.1) is 21.8 Å². The minimum absolute atomic E-state index is 0.00670. The van der Waals surface area contributed by atoms with Crippen LogP contribution in [0.2, 0.25) is 10.0 Å². The molecule has 0 atom stereocenters. The van der Waals surface area contributed by atoms with E-state index in [1.807, 2.05) is 20.0 Å². The predicted molar refractivity (Wildman–Crippen MR) is 81.6 cm³/mol. The summed E-state index contributed by atoms with van der Waals surface area (Å²) in [7, 11) is 0. The van der Waals surface area contributed by atoms with E-state index in [0.29, 0.717) is 26.6 Å². The molecule has 0 spiro atoms. The molecule has 0 fully saturated rings. The van der Waals surface area contributed by atoms with Gasteiger partial charge in [-0.05, 0) is 26.2 Å². The van der Waals surface area contributed by atoms with E-state index in [0.717, 1.165) is 0 Å². The van der Waals surface area contributed by atoms with Gasteiger partial charge in [0.25, 0.3) is 0 Å². The number of rotatable bonds is 3. The number of hydrogen-bond donors (Lipinski definition) is 1. The molecule has 0 aliphatic rings. The van der Waals surface area contributed by atoms with Gasteiger partial charge in [-0.1, -0.05) is 35.0 Å². The highest BCUT2D eigenvalue weighted by Crippen LogP contribution is 2.36. The molecule has 0 heterocycles. The Hall–Kier alpha value is -1.09. The molecule has 0 unspecified atom stereocenters. The van der Waals surface area contributed by atoms with Gasteiger partial charge in [0.15, 0.2) is 11.4 Å². The van der Waals surface area contributed by atoms with E-state index in [1.165, 1.54) is 11.8 Å². The van der Waals surface area contributed by atoms with E-state index >= 15 is 0 Å². The lowest BCUT2D eigenvalue weighted by Gasteiger charge is -2.12. The summed E-state index contributed by atoms with van der Waals surface area (Å²) < 4.78 is 5.56. The summed E-state index contributed by atoms with van der Waals surface area (Å²) in [6.07, 6.45) is 3.61. The summed E-state index contributed by atoms with van der Waals surface area (Å²) in [5.41, 5.74) is 0.494. The zero-order valence-corrected chi connectivity index (χ0v) is 13.0. The normalized spacial score (nSPS) is 11.3. The van der Waals surface area contributed by atoms with Gasteiger partial charge in [0.2, 0.25) is 0 Å². The third-order valence-electron chi connectivity index (χ3n) is 1.94. The van der Waals surface area contributed by atoms with Crippen LogP contribution in [-0.2, 0) is 0 Å². The van der Waals surface area contributed by atoms with Crippen molar-refractivity contribution in [3.63, 3.8) is 0 Å². The van der Waals surface area contributed by atoms with Crippen LogP contribution in [0, 0.1) is 11.5 Å². The lowest BCUT2D eigenvalue weighted by atomic mass is 10.3. The van der Waals surface area contributed by atoms with E-state index in [-0.39, 0.29) is 6.10 Å². The average Bonchev–Trinajstić information content (AvgIpc) is 2.33. The SMILES string of the molecule is CSC(=Nc1cc(OC(C)C)c(Cl)cc1Cl)NC#N. The van der Waals surface area contributed by atoms with Crippen LogP contribution in [0.15, 0.2) is 17.1 Å². The Morgan fingerprint density at radius 1 is 1.42 bits per heavy atom. The topological polar surface area (TPSA) is 57.4 Å².